The predicted molar refractivity (Wildman–Crippen MR) is 54.0 cm³/mol. The van der Waals surface area contributed by atoms with Crippen LogP contribution in [0.5, 0.6) is 0 Å². The third kappa shape index (κ3) is 1.38. The Kier molecular flexibility index (Phi) is 2.23. The molecule has 2 rings (SSSR count). The second-order valence-corrected chi connectivity index (χ2v) is 3.28. The molecule has 0 saturated carbocycles. The van der Waals surface area contributed by atoms with Crippen molar-refractivity contribution >= 4 is 11.4 Å². The summed E-state index contributed by atoms with van der Waals surface area (Å²) in [6.45, 7) is 1.69. The smallest absolute Gasteiger partial charge is 0.179 e. The number of para-hydroxylation sites is 1. The zero-order valence-electron chi connectivity index (χ0n) is 7.83. The maximum Gasteiger partial charge on any atom is 0.179 e. The van der Waals surface area contributed by atoms with Crippen LogP contribution < -0.4 is 5.01 Å². The van der Waals surface area contributed by atoms with Gasteiger partial charge in [-0.1, -0.05) is 18.2 Å². The highest BCUT2D eigenvalue weighted by Crippen LogP contribution is 2.22. The summed E-state index contributed by atoms with van der Waals surface area (Å²) in [6.07, 6.45) is -1.87. The lowest BCUT2D eigenvalue weighted by Gasteiger charge is -2.20. The average molecular weight is 192 g/mol. The van der Waals surface area contributed by atoms with Gasteiger partial charge in [0.05, 0.1) is 11.4 Å². The van der Waals surface area contributed by atoms with Gasteiger partial charge in [-0.15, -0.1) is 0 Å². The second kappa shape index (κ2) is 3.40. The van der Waals surface area contributed by atoms with Crippen LogP contribution in [0.15, 0.2) is 35.4 Å². The van der Waals surface area contributed by atoms with Crippen molar-refractivity contribution in [2.45, 2.75) is 19.3 Å². The zero-order chi connectivity index (χ0) is 10.1. The Morgan fingerprint density at radius 2 is 1.86 bits per heavy atom. The minimum Gasteiger partial charge on any atom is -0.382 e. The average Bonchev–Trinajstić information content (AvgIpc) is 2.47. The number of rotatable bonds is 1. The first kappa shape index (κ1) is 9.18. The molecule has 0 radical (unpaired) electrons. The Hall–Kier alpha value is -1.39. The van der Waals surface area contributed by atoms with E-state index in [-0.39, 0.29) is 0 Å². The summed E-state index contributed by atoms with van der Waals surface area (Å²) in [5, 5.41) is 24.6. The highest BCUT2D eigenvalue weighted by Gasteiger charge is 2.32. The standard InChI is InChI=1S/C10H12N2O2/c1-7-9(13)10(14)12(11-7)8-5-3-2-4-6-8/h2-6,9-10,13-14H,1H3. The van der Waals surface area contributed by atoms with Gasteiger partial charge in [-0.3, -0.25) is 0 Å². The van der Waals surface area contributed by atoms with E-state index >= 15 is 0 Å². The summed E-state index contributed by atoms with van der Waals surface area (Å²) < 4.78 is 0. The lowest BCUT2D eigenvalue weighted by atomic mass is 10.2. The molecule has 4 nitrogen and oxygen atoms in total. The summed E-state index contributed by atoms with van der Waals surface area (Å²) in [5.74, 6) is 0. The van der Waals surface area contributed by atoms with Crippen LogP contribution in [0.1, 0.15) is 6.92 Å². The fraction of sp³-hybridized carbons (Fsp3) is 0.300. The van der Waals surface area contributed by atoms with E-state index in [2.05, 4.69) is 5.10 Å². The molecule has 0 saturated heterocycles. The molecule has 2 atom stereocenters. The second-order valence-electron chi connectivity index (χ2n) is 3.28. The Morgan fingerprint density at radius 3 is 2.36 bits per heavy atom. The van der Waals surface area contributed by atoms with E-state index in [1.54, 1.807) is 6.92 Å². The molecular formula is C10H12N2O2. The minimum absolute atomic E-state index is 0.529. The molecule has 0 amide bonds. The summed E-state index contributed by atoms with van der Waals surface area (Å²) >= 11 is 0. The fourth-order valence-corrected chi connectivity index (χ4v) is 1.43. The van der Waals surface area contributed by atoms with Gasteiger partial charge in [-0.2, -0.15) is 5.10 Å². The maximum atomic E-state index is 9.64. The van der Waals surface area contributed by atoms with Crippen LogP contribution >= 0.6 is 0 Å². The normalized spacial score (nSPS) is 26.5. The van der Waals surface area contributed by atoms with Gasteiger partial charge in [0.1, 0.15) is 6.10 Å². The minimum atomic E-state index is -0.975. The molecule has 74 valence electrons. The van der Waals surface area contributed by atoms with E-state index in [0.717, 1.165) is 5.69 Å². The number of benzene rings is 1. The molecule has 4 heteroatoms. The summed E-state index contributed by atoms with van der Waals surface area (Å²) in [4.78, 5) is 0. The largest absolute Gasteiger partial charge is 0.382 e. The van der Waals surface area contributed by atoms with Crippen molar-refractivity contribution in [3.8, 4) is 0 Å². The Bertz CT molecular complexity index is 350. The topological polar surface area (TPSA) is 56.1 Å². The van der Waals surface area contributed by atoms with E-state index < -0.39 is 12.3 Å². The van der Waals surface area contributed by atoms with Crippen molar-refractivity contribution < 1.29 is 10.2 Å². The molecule has 2 N–H and O–H groups in total. The molecule has 0 bridgehead atoms. The number of anilines is 1. The molecule has 1 aromatic carbocycles. The SMILES string of the molecule is CC1=NN(c2ccccc2)C(O)C1O. The van der Waals surface area contributed by atoms with Crippen LogP contribution in [0.4, 0.5) is 5.69 Å². The summed E-state index contributed by atoms with van der Waals surface area (Å²) in [7, 11) is 0. The molecule has 0 aliphatic carbocycles. The van der Waals surface area contributed by atoms with Crippen LogP contribution in [0.3, 0.4) is 0 Å². The van der Waals surface area contributed by atoms with Crippen molar-refractivity contribution in [1.29, 1.82) is 0 Å². The molecule has 1 heterocycles. The molecule has 0 aromatic heterocycles. The lowest BCUT2D eigenvalue weighted by Crippen LogP contribution is -2.36. The number of hydrogen-bond donors (Lipinski definition) is 2. The molecule has 0 spiro atoms. The summed E-state index contributed by atoms with van der Waals surface area (Å²) in [5.41, 5.74) is 1.30. The van der Waals surface area contributed by atoms with Crippen LogP contribution in [-0.4, -0.2) is 28.3 Å². The molecule has 0 fully saturated rings. The number of aliphatic hydroxyl groups is 2. The van der Waals surface area contributed by atoms with Crippen molar-refractivity contribution in [3.05, 3.63) is 30.3 Å². The van der Waals surface area contributed by atoms with Gasteiger partial charge >= 0.3 is 0 Å². The number of hydrazone groups is 1. The van der Waals surface area contributed by atoms with Gasteiger partial charge in [-0.05, 0) is 19.1 Å². The predicted octanol–water partition coefficient (Wildman–Crippen LogP) is 0.562. The van der Waals surface area contributed by atoms with E-state index in [4.69, 9.17) is 0 Å². The van der Waals surface area contributed by atoms with Crippen LogP contribution in [-0.2, 0) is 0 Å². The highest BCUT2D eigenvalue weighted by atomic mass is 16.4. The molecule has 1 aromatic rings. The van der Waals surface area contributed by atoms with Crippen LogP contribution in [0, 0.1) is 0 Å². The maximum absolute atomic E-state index is 9.64. The Labute approximate surface area is 82.1 Å². The van der Waals surface area contributed by atoms with Gasteiger partial charge in [0.25, 0.3) is 0 Å². The first-order valence-electron chi connectivity index (χ1n) is 4.45. The number of nitrogens with zero attached hydrogens (tertiary/aromatic N) is 2. The molecule has 1 aliphatic heterocycles. The van der Waals surface area contributed by atoms with E-state index in [0.29, 0.717) is 5.71 Å². The number of hydrogen-bond acceptors (Lipinski definition) is 4. The van der Waals surface area contributed by atoms with Gasteiger partial charge < -0.3 is 10.2 Å². The van der Waals surface area contributed by atoms with Gasteiger partial charge in [0, 0.05) is 0 Å². The van der Waals surface area contributed by atoms with Crippen LogP contribution in [0.2, 0.25) is 0 Å². The first-order chi connectivity index (χ1) is 6.70. The highest BCUT2D eigenvalue weighted by molar-refractivity contribution is 5.90. The fourth-order valence-electron chi connectivity index (χ4n) is 1.43. The van der Waals surface area contributed by atoms with Crippen molar-refractivity contribution in [2.75, 3.05) is 5.01 Å². The lowest BCUT2D eigenvalue weighted by molar-refractivity contribution is 0.0691. The number of aliphatic hydroxyl groups excluding tert-OH is 2. The zero-order valence-corrected chi connectivity index (χ0v) is 7.83. The van der Waals surface area contributed by atoms with Crippen molar-refractivity contribution in [1.82, 2.24) is 0 Å². The Balaban J connectivity index is 2.30. The van der Waals surface area contributed by atoms with Gasteiger partial charge in [-0.25, -0.2) is 5.01 Å². The third-order valence-corrected chi connectivity index (χ3v) is 2.25. The summed E-state index contributed by atoms with van der Waals surface area (Å²) in [6, 6.07) is 9.27. The van der Waals surface area contributed by atoms with E-state index in [1.807, 2.05) is 30.3 Å². The Morgan fingerprint density at radius 1 is 1.21 bits per heavy atom. The molecule has 14 heavy (non-hydrogen) atoms. The van der Waals surface area contributed by atoms with Crippen molar-refractivity contribution in [2.24, 2.45) is 5.10 Å². The van der Waals surface area contributed by atoms with Gasteiger partial charge in [0.15, 0.2) is 6.23 Å². The van der Waals surface area contributed by atoms with Crippen LogP contribution in [0.25, 0.3) is 0 Å². The van der Waals surface area contributed by atoms with E-state index in [9.17, 15) is 10.2 Å². The van der Waals surface area contributed by atoms with Crippen molar-refractivity contribution in [3.63, 3.8) is 0 Å². The van der Waals surface area contributed by atoms with E-state index in [1.165, 1.54) is 5.01 Å². The quantitative estimate of drug-likeness (QED) is 0.683. The monoisotopic (exact) mass is 192 g/mol. The first-order valence-corrected chi connectivity index (χ1v) is 4.45. The molecule has 1 aliphatic rings. The molecule has 2 unspecified atom stereocenters. The molecular weight excluding hydrogens is 180 g/mol. The third-order valence-electron chi connectivity index (χ3n) is 2.25. The van der Waals surface area contributed by atoms with Gasteiger partial charge in [0.2, 0.25) is 0 Å².